The Bertz CT molecular complexity index is 453. The van der Waals surface area contributed by atoms with Crippen molar-refractivity contribution < 1.29 is 19.7 Å². The number of carboxylic acid groups (broad SMARTS) is 1. The quantitative estimate of drug-likeness (QED) is 0.854. The average molecular weight is 264 g/mol. The number of benzene rings is 1. The van der Waals surface area contributed by atoms with Crippen LogP contribution < -0.4 is 4.74 Å². The molecule has 0 aromatic heterocycles. The maximum Gasteiger partial charge on any atom is 0.341 e. The molecule has 0 amide bonds. The number of aliphatic hydroxyl groups excluding tert-OH is 1. The van der Waals surface area contributed by atoms with Gasteiger partial charge in [-0.3, -0.25) is 0 Å². The van der Waals surface area contributed by atoms with E-state index in [1.165, 1.54) is 5.56 Å². The molecule has 0 saturated heterocycles. The monoisotopic (exact) mass is 264 g/mol. The van der Waals surface area contributed by atoms with Crippen LogP contribution in [0.15, 0.2) is 18.2 Å². The molecule has 0 fully saturated rings. The second-order valence-electron chi connectivity index (χ2n) is 5.27. The molecule has 0 heterocycles. The van der Waals surface area contributed by atoms with Gasteiger partial charge in [0.05, 0.1) is 6.10 Å². The molecule has 0 unspecified atom stereocenters. The number of rotatable bonds is 5. The van der Waals surface area contributed by atoms with Gasteiger partial charge >= 0.3 is 5.97 Å². The summed E-state index contributed by atoms with van der Waals surface area (Å²) < 4.78 is 5.36. The van der Waals surface area contributed by atoms with Crippen molar-refractivity contribution in [1.29, 1.82) is 0 Å². The van der Waals surface area contributed by atoms with Crippen LogP contribution in [0.2, 0.25) is 0 Å². The fraction of sp³-hybridized carbons (Fsp3) is 0.533. The molecule has 1 aliphatic rings. The van der Waals surface area contributed by atoms with Crippen LogP contribution in [0.1, 0.15) is 30.9 Å². The summed E-state index contributed by atoms with van der Waals surface area (Å²) in [5.41, 5.74) is 2.35. The Morgan fingerprint density at radius 3 is 3.00 bits per heavy atom. The molecule has 2 rings (SSSR count). The van der Waals surface area contributed by atoms with Gasteiger partial charge in [-0.25, -0.2) is 4.79 Å². The average Bonchev–Trinajstić information content (AvgIpc) is 2.35. The van der Waals surface area contributed by atoms with E-state index in [1.54, 1.807) is 0 Å². The number of ether oxygens (including phenoxy) is 1. The lowest BCUT2D eigenvalue weighted by molar-refractivity contribution is -0.139. The number of aliphatic hydroxyl groups is 1. The Morgan fingerprint density at radius 1 is 1.53 bits per heavy atom. The fourth-order valence-electron chi connectivity index (χ4n) is 2.79. The van der Waals surface area contributed by atoms with Gasteiger partial charge in [-0.05, 0) is 55.7 Å². The topological polar surface area (TPSA) is 66.8 Å². The van der Waals surface area contributed by atoms with Gasteiger partial charge in [0.1, 0.15) is 5.75 Å². The van der Waals surface area contributed by atoms with E-state index in [1.807, 2.05) is 19.1 Å². The van der Waals surface area contributed by atoms with Crippen molar-refractivity contribution >= 4 is 5.97 Å². The number of hydrogen-bond donors (Lipinski definition) is 2. The van der Waals surface area contributed by atoms with Crippen LogP contribution in [0.25, 0.3) is 0 Å². The van der Waals surface area contributed by atoms with Crippen molar-refractivity contribution in [2.45, 2.75) is 38.7 Å². The van der Waals surface area contributed by atoms with E-state index in [9.17, 15) is 9.90 Å². The van der Waals surface area contributed by atoms with Crippen molar-refractivity contribution in [2.75, 3.05) is 6.61 Å². The number of hydrogen-bond acceptors (Lipinski definition) is 3. The van der Waals surface area contributed by atoms with Crippen LogP contribution in [0.3, 0.4) is 0 Å². The van der Waals surface area contributed by atoms with Gasteiger partial charge in [0.2, 0.25) is 0 Å². The maximum absolute atomic E-state index is 10.6. The molecule has 2 N–H and O–H groups in total. The molecule has 0 bridgehead atoms. The first-order valence-corrected chi connectivity index (χ1v) is 6.69. The number of aryl methyl sites for hydroxylation is 1. The molecule has 1 aromatic rings. The summed E-state index contributed by atoms with van der Waals surface area (Å²) in [4.78, 5) is 10.6. The zero-order valence-corrected chi connectivity index (χ0v) is 11.1. The molecular weight excluding hydrogens is 244 g/mol. The van der Waals surface area contributed by atoms with Crippen molar-refractivity contribution in [1.82, 2.24) is 0 Å². The van der Waals surface area contributed by atoms with Crippen LogP contribution in [-0.2, 0) is 17.6 Å². The number of carboxylic acids is 1. The fourth-order valence-corrected chi connectivity index (χ4v) is 2.79. The Kier molecular flexibility index (Phi) is 4.43. The van der Waals surface area contributed by atoms with Gasteiger partial charge in [-0.15, -0.1) is 0 Å². The van der Waals surface area contributed by atoms with Crippen molar-refractivity contribution in [3.05, 3.63) is 29.3 Å². The highest BCUT2D eigenvalue weighted by Crippen LogP contribution is 2.34. The molecule has 1 aliphatic carbocycles. The van der Waals surface area contributed by atoms with E-state index in [0.717, 1.165) is 31.2 Å². The van der Waals surface area contributed by atoms with E-state index in [2.05, 4.69) is 6.07 Å². The van der Waals surface area contributed by atoms with Gasteiger partial charge in [-0.2, -0.15) is 0 Å². The van der Waals surface area contributed by atoms with E-state index < -0.39 is 5.97 Å². The summed E-state index contributed by atoms with van der Waals surface area (Å²) in [6.07, 6.45) is 3.39. The van der Waals surface area contributed by atoms with Crippen molar-refractivity contribution in [3.8, 4) is 5.75 Å². The standard InChI is InChI=1S/C15H20O4/c1-10(16)7-11-5-6-12-3-2-4-14(13(12)8-11)19-9-15(17)18/h2-4,10-11,16H,5-9H2,1H3,(H,17,18)/t10-,11+/m0/s1. The molecule has 4 heteroatoms. The Labute approximate surface area is 113 Å². The molecule has 2 atom stereocenters. The smallest absolute Gasteiger partial charge is 0.341 e. The zero-order chi connectivity index (χ0) is 13.8. The lowest BCUT2D eigenvalue weighted by atomic mass is 9.81. The van der Waals surface area contributed by atoms with Gasteiger partial charge in [0.25, 0.3) is 0 Å². The van der Waals surface area contributed by atoms with Crippen molar-refractivity contribution in [3.63, 3.8) is 0 Å². The van der Waals surface area contributed by atoms with Crippen LogP contribution in [0.4, 0.5) is 0 Å². The lowest BCUT2D eigenvalue weighted by Gasteiger charge is -2.27. The summed E-state index contributed by atoms with van der Waals surface area (Å²) >= 11 is 0. The third-order valence-electron chi connectivity index (χ3n) is 3.57. The third-order valence-corrected chi connectivity index (χ3v) is 3.57. The van der Waals surface area contributed by atoms with E-state index in [-0.39, 0.29) is 12.7 Å². The molecular formula is C15H20O4. The summed E-state index contributed by atoms with van der Waals surface area (Å²) in [5, 5.41) is 18.2. The zero-order valence-electron chi connectivity index (χ0n) is 11.1. The summed E-state index contributed by atoms with van der Waals surface area (Å²) in [5.74, 6) is 0.159. The SMILES string of the molecule is C[C@H](O)C[C@H]1CCc2cccc(OCC(=O)O)c2C1. The summed E-state index contributed by atoms with van der Waals surface area (Å²) in [6, 6.07) is 5.80. The van der Waals surface area contributed by atoms with Crippen LogP contribution in [0, 0.1) is 5.92 Å². The molecule has 4 nitrogen and oxygen atoms in total. The van der Waals surface area contributed by atoms with E-state index >= 15 is 0 Å². The summed E-state index contributed by atoms with van der Waals surface area (Å²) in [7, 11) is 0. The lowest BCUT2D eigenvalue weighted by Crippen LogP contribution is -2.20. The first-order valence-electron chi connectivity index (χ1n) is 6.69. The first-order chi connectivity index (χ1) is 9.06. The molecule has 1 aromatic carbocycles. The normalized spacial score (nSPS) is 19.6. The molecule has 104 valence electrons. The predicted octanol–water partition coefficient (Wildman–Crippen LogP) is 2.03. The first kappa shape index (κ1) is 13.9. The number of fused-ring (bicyclic) bond motifs is 1. The maximum atomic E-state index is 10.6. The highest BCUT2D eigenvalue weighted by molar-refractivity contribution is 5.68. The number of carbonyl (C=O) groups is 1. The Balaban J connectivity index is 2.13. The second-order valence-corrected chi connectivity index (χ2v) is 5.27. The van der Waals surface area contributed by atoms with Crippen molar-refractivity contribution in [2.24, 2.45) is 5.92 Å². The highest BCUT2D eigenvalue weighted by atomic mass is 16.5. The largest absolute Gasteiger partial charge is 0.482 e. The second kappa shape index (κ2) is 6.06. The predicted molar refractivity (Wildman–Crippen MR) is 71.4 cm³/mol. The summed E-state index contributed by atoms with van der Waals surface area (Å²) in [6.45, 7) is 1.50. The van der Waals surface area contributed by atoms with Gasteiger partial charge in [0, 0.05) is 0 Å². The highest BCUT2D eigenvalue weighted by Gasteiger charge is 2.22. The minimum atomic E-state index is -0.964. The van der Waals surface area contributed by atoms with E-state index in [4.69, 9.17) is 9.84 Å². The molecule has 0 saturated carbocycles. The Morgan fingerprint density at radius 2 is 2.32 bits per heavy atom. The third kappa shape index (κ3) is 3.70. The van der Waals surface area contributed by atoms with Gasteiger partial charge in [0.15, 0.2) is 6.61 Å². The Hall–Kier alpha value is -1.55. The molecule has 0 aliphatic heterocycles. The minimum absolute atomic E-state index is 0.293. The van der Waals surface area contributed by atoms with Gasteiger partial charge < -0.3 is 14.9 Å². The number of aliphatic carboxylic acids is 1. The van der Waals surface area contributed by atoms with Crippen LogP contribution in [0.5, 0.6) is 5.75 Å². The van der Waals surface area contributed by atoms with E-state index in [0.29, 0.717) is 11.7 Å². The van der Waals surface area contributed by atoms with Crippen LogP contribution in [-0.4, -0.2) is 28.9 Å². The van der Waals surface area contributed by atoms with Gasteiger partial charge in [-0.1, -0.05) is 12.1 Å². The minimum Gasteiger partial charge on any atom is -0.482 e. The molecule has 19 heavy (non-hydrogen) atoms. The van der Waals surface area contributed by atoms with Crippen LogP contribution >= 0.6 is 0 Å². The molecule has 0 radical (unpaired) electrons. The molecule has 0 spiro atoms.